The van der Waals surface area contributed by atoms with Crippen LogP contribution in [0.15, 0.2) is 35.2 Å². The van der Waals surface area contributed by atoms with Gasteiger partial charge in [-0.1, -0.05) is 0 Å². The summed E-state index contributed by atoms with van der Waals surface area (Å²) < 4.78 is 43.7. The van der Waals surface area contributed by atoms with Gasteiger partial charge in [0.15, 0.2) is 11.5 Å². The summed E-state index contributed by atoms with van der Waals surface area (Å²) in [4.78, 5) is 24.7. The van der Waals surface area contributed by atoms with Gasteiger partial charge in [-0.15, -0.1) is 0 Å². The van der Waals surface area contributed by atoms with Crippen molar-refractivity contribution in [2.24, 2.45) is 5.14 Å². The van der Waals surface area contributed by atoms with E-state index in [-0.39, 0.29) is 33.3 Å². The molecule has 0 heterocycles. The predicted octanol–water partition coefficient (Wildman–Crippen LogP) is 0.443. The Labute approximate surface area is 173 Å². The van der Waals surface area contributed by atoms with Crippen molar-refractivity contribution in [1.82, 2.24) is 10.9 Å². The van der Waals surface area contributed by atoms with Gasteiger partial charge in [0, 0.05) is 5.56 Å². The van der Waals surface area contributed by atoms with Crippen molar-refractivity contribution in [3.05, 3.63) is 41.5 Å². The summed E-state index contributed by atoms with van der Waals surface area (Å²) in [5.41, 5.74) is 4.37. The van der Waals surface area contributed by atoms with Crippen LogP contribution in [-0.2, 0) is 10.0 Å². The number of hydrazine groups is 1. The van der Waals surface area contributed by atoms with Crippen LogP contribution >= 0.6 is 0 Å². The molecule has 11 nitrogen and oxygen atoms in total. The van der Waals surface area contributed by atoms with Gasteiger partial charge in [-0.05, 0) is 30.3 Å². The number of nitrogens with one attached hydrogen (secondary N) is 2. The molecule has 30 heavy (non-hydrogen) atoms. The molecule has 0 saturated carbocycles. The zero-order chi connectivity index (χ0) is 22.5. The number of ether oxygens (including phenoxy) is 4. The first-order valence-electron chi connectivity index (χ1n) is 8.27. The summed E-state index contributed by atoms with van der Waals surface area (Å²) in [6.07, 6.45) is 0. The number of carbonyl (C=O) groups is 2. The van der Waals surface area contributed by atoms with Crippen molar-refractivity contribution in [3.63, 3.8) is 0 Å². The molecule has 2 aromatic rings. The van der Waals surface area contributed by atoms with Crippen LogP contribution < -0.4 is 34.9 Å². The number of methoxy groups -OCH3 is 4. The van der Waals surface area contributed by atoms with E-state index in [1.54, 1.807) is 0 Å². The Bertz CT molecular complexity index is 1040. The number of nitrogens with two attached hydrogens (primary N) is 1. The summed E-state index contributed by atoms with van der Waals surface area (Å²) in [5, 5.41) is 5.09. The van der Waals surface area contributed by atoms with Crippen LogP contribution in [0.1, 0.15) is 20.7 Å². The molecular formula is C18H21N3O8S. The molecule has 0 saturated heterocycles. The SMILES string of the molecule is COc1ccc(S(N)(=O)=O)cc1C(=O)NNC(=O)c1cc(OC)c(OC)c(OC)c1. The molecule has 2 aromatic carbocycles. The number of hydrogen-bond donors (Lipinski definition) is 3. The fourth-order valence-corrected chi connectivity index (χ4v) is 3.05. The highest BCUT2D eigenvalue weighted by molar-refractivity contribution is 7.89. The standard InChI is InChI=1S/C18H21N3O8S/c1-26-13-6-5-11(30(19,24)25)9-12(13)18(23)21-20-17(22)10-7-14(27-2)16(29-4)15(8-10)28-3/h5-9H,1-4H3,(H,20,22)(H,21,23)(H2,19,24,25). The van der Waals surface area contributed by atoms with Crippen LogP contribution in [0.4, 0.5) is 0 Å². The first-order chi connectivity index (χ1) is 14.2. The van der Waals surface area contributed by atoms with Crippen molar-refractivity contribution in [1.29, 1.82) is 0 Å². The molecule has 0 aliphatic carbocycles. The Hall–Kier alpha value is -3.51. The van der Waals surface area contributed by atoms with Gasteiger partial charge in [0.1, 0.15) is 5.75 Å². The van der Waals surface area contributed by atoms with Crippen molar-refractivity contribution < 1.29 is 37.0 Å². The normalized spacial score (nSPS) is 10.7. The molecule has 0 bridgehead atoms. The van der Waals surface area contributed by atoms with Gasteiger partial charge in [0.05, 0.1) is 38.9 Å². The van der Waals surface area contributed by atoms with Crippen LogP contribution in [0, 0.1) is 0 Å². The van der Waals surface area contributed by atoms with E-state index in [0.717, 1.165) is 6.07 Å². The second-order valence-electron chi connectivity index (χ2n) is 5.73. The molecule has 12 heteroatoms. The predicted molar refractivity (Wildman–Crippen MR) is 105 cm³/mol. The van der Waals surface area contributed by atoms with E-state index in [2.05, 4.69) is 10.9 Å². The maximum atomic E-state index is 12.5. The van der Waals surface area contributed by atoms with Crippen LogP contribution in [0.2, 0.25) is 0 Å². The van der Waals surface area contributed by atoms with Crippen LogP contribution in [0.25, 0.3) is 0 Å². The van der Waals surface area contributed by atoms with Crippen molar-refractivity contribution >= 4 is 21.8 Å². The summed E-state index contributed by atoms with van der Waals surface area (Å²) >= 11 is 0. The Morgan fingerprint density at radius 3 is 1.80 bits per heavy atom. The summed E-state index contributed by atoms with van der Waals surface area (Å²) in [6, 6.07) is 6.29. The number of carbonyl (C=O) groups excluding carboxylic acids is 2. The van der Waals surface area contributed by atoms with Gasteiger partial charge in [-0.3, -0.25) is 20.4 Å². The Morgan fingerprint density at radius 1 is 0.800 bits per heavy atom. The zero-order valence-corrected chi connectivity index (χ0v) is 17.5. The smallest absolute Gasteiger partial charge is 0.273 e. The maximum absolute atomic E-state index is 12.5. The van der Waals surface area contributed by atoms with Gasteiger partial charge in [0.2, 0.25) is 15.8 Å². The lowest BCUT2D eigenvalue weighted by atomic mass is 10.1. The molecule has 0 fully saturated rings. The largest absolute Gasteiger partial charge is 0.496 e. The monoisotopic (exact) mass is 439 g/mol. The molecule has 4 N–H and O–H groups in total. The highest BCUT2D eigenvalue weighted by atomic mass is 32.2. The van der Waals surface area contributed by atoms with Gasteiger partial charge >= 0.3 is 0 Å². The molecule has 2 amide bonds. The van der Waals surface area contributed by atoms with E-state index in [9.17, 15) is 18.0 Å². The van der Waals surface area contributed by atoms with E-state index in [1.165, 1.54) is 52.7 Å². The number of hydrogen-bond acceptors (Lipinski definition) is 8. The second kappa shape index (κ2) is 9.33. The fourth-order valence-electron chi connectivity index (χ4n) is 2.51. The molecule has 0 unspecified atom stereocenters. The third kappa shape index (κ3) is 4.90. The van der Waals surface area contributed by atoms with E-state index < -0.39 is 21.8 Å². The lowest BCUT2D eigenvalue weighted by molar-refractivity contribution is 0.0844. The third-order valence-corrected chi connectivity index (χ3v) is 4.87. The lowest BCUT2D eigenvalue weighted by Gasteiger charge is -2.15. The summed E-state index contributed by atoms with van der Waals surface area (Å²) in [7, 11) is 1.47. The van der Waals surface area contributed by atoms with E-state index in [1.807, 2.05) is 0 Å². The number of rotatable bonds is 7. The molecule has 162 valence electrons. The molecule has 0 radical (unpaired) electrons. The number of amides is 2. The number of benzene rings is 2. The van der Waals surface area contributed by atoms with Crippen molar-refractivity contribution in [3.8, 4) is 23.0 Å². The Balaban J connectivity index is 2.26. The van der Waals surface area contributed by atoms with E-state index in [0.29, 0.717) is 5.75 Å². The topological polar surface area (TPSA) is 155 Å². The van der Waals surface area contributed by atoms with Crippen molar-refractivity contribution in [2.75, 3.05) is 28.4 Å². The van der Waals surface area contributed by atoms with Gasteiger partial charge in [-0.2, -0.15) is 0 Å². The third-order valence-electron chi connectivity index (χ3n) is 3.96. The van der Waals surface area contributed by atoms with Crippen molar-refractivity contribution in [2.45, 2.75) is 4.90 Å². The first kappa shape index (κ1) is 22.8. The van der Waals surface area contributed by atoms with Crippen LogP contribution in [-0.4, -0.2) is 48.7 Å². The second-order valence-corrected chi connectivity index (χ2v) is 7.29. The van der Waals surface area contributed by atoms with Crippen LogP contribution in [0.5, 0.6) is 23.0 Å². The summed E-state index contributed by atoms with van der Waals surface area (Å²) in [5.74, 6) is -0.638. The quantitative estimate of drug-likeness (QED) is 0.525. The van der Waals surface area contributed by atoms with Gasteiger partial charge in [0.25, 0.3) is 11.8 Å². The number of primary sulfonamides is 1. The lowest BCUT2D eigenvalue weighted by Crippen LogP contribution is -2.41. The van der Waals surface area contributed by atoms with Gasteiger partial charge in [-0.25, -0.2) is 13.6 Å². The zero-order valence-electron chi connectivity index (χ0n) is 16.6. The molecule has 2 rings (SSSR count). The first-order valence-corrected chi connectivity index (χ1v) is 9.82. The van der Waals surface area contributed by atoms with E-state index in [4.69, 9.17) is 24.1 Å². The molecule has 0 aromatic heterocycles. The summed E-state index contributed by atoms with van der Waals surface area (Å²) in [6.45, 7) is 0. The average molecular weight is 439 g/mol. The molecule has 0 aliphatic heterocycles. The Kier molecular flexibility index (Phi) is 7.08. The fraction of sp³-hybridized carbons (Fsp3) is 0.222. The highest BCUT2D eigenvalue weighted by Crippen LogP contribution is 2.38. The molecule has 0 spiro atoms. The van der Waals surface area contributed by atoms with Gasteiger partial charge < -0.3 is 18.9 Å². The Morgan fingerprint density at radius 2 is 1.33 bits per heavy atom. The maximum Gasteiger partial charge on any atom is 0.273 e. The van der Waals surface area contributed by atoms with E-state index >= 15 is 0 Å². The average Bonchev–Trinajstić information content (AvgIpc) is 2.74. The highest BCUT2D eigenvalue weighted by Gasteiger charge is 2.20. The number of sulfonamides is 1. The van der Waals surface area contributed by atoms with Crippen LogP contribution in [0.3, 0.4) is 0 Å². The molecule has 0 atom stereocenters. The minimum Gasteiger partial charge on any atom is -0.496 e. The minimum atomic E-state index is -4.04. The minimum absolute atomic E-state index is 0.0851. The molecular weight excluding hydrogens is 418 g/mol. The molecule has 0 aliphatic rings.